The van der Waals surface area contributed by atoms with E-state index in [0.717, 1.165) is 24.2 Å². The Morgan fingerprint density at radius 3 is 2.52 bits per heavy atom. The number of para-hydroxylation sites is 1. The minimum absolute atomic E-state index is 0.0113. The molecule has 1 fully saturated rings. The molecule has 2 amide bonds. The zero-order chi connectivity index (χ0) is 17.1. The van der Waals surface area contributed by atoms with Gasteiger partial charge in [0.25, 0.3) is 0 Å². The number of likely N-dealkylation sites (tertiary alicyclic amines) is 1. The number of amides is 2. The van der Waals surface area contributed by atoms with E-state index in [1.54, 1.807) is 5.01 Å². The second kappa shape index (κ2) is 6.97. The van der Waals surface area contributed by atoms with Gasteiger partial charge in [-0.2, -0.15) is 5.10 Å². The monoisotopic (exact) mass is 335 g/mol. The summed E-state index contributed by atoms with van der Waals surface area (Å²) in [6, 6.07) is 19.8. The van der Waals surface area contributed by atoms with Crippen LogP contribution in [0.15, 0.2) is 65.8 Å². The Labute approximate surface area is 147 Å². The molecular weight excluding hydrogens is 314 g/mol. The quantitative estimate of drug-likeness (QED) is 0.859. The van der Waals surface area contributed by atoms with Crippen molar-refractivity contribution in [3.05, 3.63) is 66.2 Å². The molecule has 1 unspecified atom stereocenters. The summed E-state index contributed by atoms with van der Waals surface area (Å²) in [6.45, 7) is 1.30. The minimum Gasteiger partial charge on any atom is -0.489 e. The molecule has 2 aliphatic heterocycles. The number of nitrogens with zero attached hydrogens (tertiary/aromatic N) is 3. The van der Waals surface area contributed by atoms with Crippen LogP contribution in [0, 0.1) is 0 Å². The van der Waals surface area contributed by atoms with Gasteiger partial charge in [0, 0.05) is 25.6 Å². The lowest BCUT2D eigenvalue weighted by molar-refractivity contribution is 0.142. The van der Waals surface area contributed by atoms with Crippen molar-refractivity contribution in [1.82, 2.24) is 9.91 Å². The van der Waals surface area contributed by atoms with Crippen molar-refractivity contribution in [1.29, 1.82) is 0 Å². The molecule has 0 saturated carbocycles. The SMILES string of the molecule is O=C(N1CC[C@H](Oc2ccccc2)C1)N1N=CCC1c1ccccc1. The standard InChI is InChI=1S/C20H21N3O2/c24-20(23-19(11-13-21-23)16-7-3-1-4-8-16)22-14-12-18(15-22)25-17-9-5-2-6-10-17/h1-10,13,18-19H,11-12,14-15H2/t18-,19?/m0/s1. The first-order valence-corrected chi connectivity index (χ1v) is 8.68. The van der Waals surface area contributed by atoms with Gasteiger partial charge in [-0.15, -0.1) is 0 Å². The summed E-state index contributed by atoms with van der Waals surface area (Å²) < 4.78 is 5.98. The molecule has 0 aliphatic carbocycles. The van der Waals surface area contributed by atoms with E-state index < -0.39 is 0 Å². The minimum atomic E-state index is -0.0400. The second-order valence-corrected chi connectivity index (χ2v) is 6.37. The number of carbonyl (C=O) groups excluding carboxylic acids is 1. The molecule has 2 heterocycles. The molecule has 4 rings (SSSR count). The largest absolute Gasteiger partial charge is 0.489 e. The van der Waals surface area contributed by atoms with Crippen molar-refractivity contribution in [3.8, 4) is 5.75 Å². The van der Waals surface area contributed by atoms with Crippen molar-refractivity contribution in [2.75, 3.05) is 13.1 Å². The Balaban J connectivity index is 1.40. The molecule has 128 valence electrons. The van der Waals surface area contributed by atoms with Crippen LogP contribution in [-0.2, 0) is 0 Å². The van der Waals surface area contributed by atoms with Crippen LogP contribution in [0.3, 0.4) is 0 Å². The Bertz CT molecular complexity index is 748. The number of ether oxygens (including phenoxy) is 1. The Hall–Kier alpha value is -2.82. The third-order valence-corrected chi connectivity index (χ3v) is 4.67. The maximum absolute atomic E-state index is 12.9. The lowest BCUT2D eigenvalue weighted by atomic mass is 10.1. The molecule has 0 N–H and O–H groups in total. The van der Waals surface area contributed by atoms with Gasteiger partial charge in [0.15, 0.2) is 0 Å². The van der Waals surface area contributed by atoms with Crippen molar-refractivity contribution in [2.45, 2.75) is 25.0 Å². The number of urea groups is 1. The van der Waals surface area contributed by atoms with Crippen LogP contribution in [0.4, 0.5) is 4.79 Å². The van der Waals surface area contributed by atoms with E-state index in [2.05, 4.69) is 5.10 Å². The van der Waals surface area contributed by atoms with Crippen LogP contribution in [-0.4, -0.2) is 41.3 Å². The summed E-state index contributed by atoms with van der Waals surface area (Å²) in [5, 5.41) is 5.93. The lowest BCUT2D eigenvalue weighted by Crippen LogP contribution is -2.40. The first-order chi connectivity index (χ1) is 12.3. The first-order valence-electron chi connectivity index (χ1n) is 8.68. The van der Waals surface area contributed by atoms with Gasteiger partial charge in [0.2, 0.25) is 0 Å². The number of hydrazone groups is 1. The summed E-state index contributed by atoms with van der Waals surface area (Å²) in [6.07, 6.45) is 3.46. The van der Waals surface area contributed by atoms with Gasteiger partial charge in [-0.1, -0.05) is 48.5 Å². The third-order valence-electron chi connectivity index (χ3n) is 4.67. The maximum Gasteiger partial charge on any atom is 0.341 e. The van der Waals surface area contributed by atoms with E-state index in [9.17, 15) is 4.79 Å². The molecule has 2 aromatic carbocycles. The van der Waals surface area contributed by atoms with Gasteiger partial charge in [0.1, 0.15) is 11.9 Å². The predicted octanol–water partition coefficient (Wildman–Crippen LogP) is 3.69. The highest BCUT2D eigenvalue weighted by molar-refractivity contribution is 5.78. The predicted molar refractivity (Wildman–Crippen MR) is 96.6 cm³/mol. The summed E-state index contributed by atoms with van der Waals surface area (Å²) in [4.78, 5) is 14.8. The normalized spacial score (nSPS) is 22.4. The van der Waals surface area contributed by atoms with Crippen LogP contribution in [0.25, 0.3) is 0 Å². The average Bonchev–Trinajstić information content (AvgIpc) is 3.32. The van der Waals surface area contributed by atoms with E-state index in [-0.39, 0.29) is 18.2 Å². The second-order valence-electron chi connectivity index (χ2n) is 6.37. The van der Waals surface area contributed by atoms with Crippen LogP contribution in [0.5, 0.6) is 5.75 Å². The third kappa shape index (κ3) is 3.36. The summed E-state index contributed by atoms with van der Waals surface area (Å²) >= 11 is 0. The van der Waals surface area contributed by atoms with Crippen LogP contribution < -0.4 is 4.74 Å². The zero-order valence-corrected chi connectivity index (χ0v) is 14.0. The molecule has 25 heavy (non-hydrogen) atoms. The van der Waals surface area contributed by atoms with E-state index in [1.165, 1.54) is 0 Å². The van der Waals surface area contributed by atoms with Crippen molar-refractivity contribution in [3.63, 3.8) is 0 Å². The summed E-state index contributed by atoms with van der Waals surface area (Å²) in [5.41, 5.74) is 1.12. The smallest absolute Gasteiger partial charge is 0.341 e. The highest BCUT2D eigenvalue weighted by atomic mass is 16.5. The molecule has 0 aromatic heterocycles. The highest BCUT2D eigenvalue weighted by Gasteiger charge is 2.35. The summed E-state index contributed by atoms with van der Waals surface area (Å²) in [5.74, 6) is 0.850. The Morgan fingerprint density at radius 1 is 1.04 bits per heavy atom. The number of benzene rings is 2. The molecule has 2 aliphatic rings. The Morgan fingerprint density at radius 2 is 1.76 bits per heavy atom. The van der Waals surface area contributed by atoms with E-state index in [1.807, 2.05) is 71.8 Å². The fourth-order valence-electron chi connectivity index (χ4n) is 3.38. The molecule has 0 radical (unpaired) electrons. The van der Waals surface area contributed by atoms with E-state index >= 15 is 0 Å². The number of hydrogen-bond acceptors (Lipinski definition) is 3. The topological polar surface area (TPSA) is 45.1 Å². The van der Waals surface area contributed by atoms with Crippen molar-refractivity contribution in [2.24, 2.45) is 5.10 Å². The molecule has 5 heteroatoms. The zero-order valence-electron chi connectivity index (χ0n) is 14.0. The molecule has 1 saturated heterocycles. The lowest BCUT2D eigenvalue weighted by Gasteiger charge is -2.27. The van der Waals surface area contributed by atoms with Crippen LogP contribution in [0.1, 0.15) is 24.4 Å². The summed E-state index contributed by atoms with van der Waals surface area (Å²) in [7, 11) is 0. The molecule has 2 atom stereocenters. The van der Waals surface area contributed by atoms with Gasteiger partial charge in [-0.05, 0) is 17.7 Å². The van der Waals surface area contributed by atoms with Crippen molar-refractivity contribution >= 4 is 12.2 Å². The number of hydrogen-bond donors (Lipinski definition) is 0. The van der Waals surface area contributed by atoms with Gasteiger partial charge < -0.3 is 9.64 Å². The van der Waals surface area contributed by atoms with Gasteiger partial charge in [0.05, 0.1) is 12.6 Å². The van der Waals surface area contributed by atoms with Gasteiger partial charge in [-0.25, -0.2) is 9.80 Å². The number of carbonyl (C=O) groups is 1. The molecule has 5 nitrogen and oxygen atoms in total. The average molecular weight is 335 g/mol. The highest BCUT2D eigenvalue weighted by Crippen LogP contribution is 2.30. The first kappa shape index (κ1) is 15.7. The van der Waals surface area contributed by atoms with Gasteiger partial charge >= 0.3 is 6.03 Å². The van der Waals surface area contributed by atoms with Crippen molar-refractivity contribution < 1.29 is 9.53 Å². The van der Waals surface area contributed by atoms with E-state index in [0.29, 0.717) is 13.1 Å². The molecule has 0 bridgehead atoms. The molecule has 0 spiro atoms. The van der Waals surface area contributed by atoms with Gasteiger partial charge in [-0.3, -0.25) is 0 Å². The fourth-order valence-corrected chi connectivity index (χ4v) is 3.38. The Kier molecular flexibility index (Phi) is 4.37. The fraction of sp³-hybridized carbons (Fsp3) is 0.300. The van der Waals surface area contributed by atoms with Crippen LogP contribution >= 0.6 is 0 Å². The molecule has 2 aromatic rings. The van der Waals surface area contributed by atoms with Crippen LogP contribution in [0.2, 0.25) is 0 Å². The number of rotatable bonds is 3. The molecular formula is C20H21N3O2. The maximum atomic E-state index is 12.9. The van der Waals surface area contributed by atoms with E-state index in [4.69, 9.17) is 4.74 Å².